The first kappa shape index (κ1) is 14.6. The van der Waals surface area contributed by atoms with Crippen molar-refractivity contribution in [1.82, 2.24) is 4.57 Å². The van der Waals surface area contributed by atoms with Gasteiger partial charge in [-0.3, -0.25) is 10.1 Å². The first-order valence-corrected chi connectivity index (χ1v) is 6.48. The Hall–Kier alpha value is -2.81. The van der Waals surface area contributed by atoms with Crippen LogP contribution in [-0.2, 0) is 13.6 Å². The van der Waals surface area contributed by atoms with Crippen molar-refractivity contribution in [2.24, 2.45) is 7.05 Å². The molecule has 0 aliphatic rings. The number of hydrogen-bond acceptors (Lipinski definition) is 4. The van der Waals surface area contributed by atoms with Crippen LogP contribution in [0.4, 0.5) is 11.4 Å². The SMILES string of the molecule is Cc1cc(CNc2ccc(C#N)cc2[N+](=O)[O-])c(C)n1C. The second-order valence-corrected chi connectivity index (χ2v) is 4.91. The van der Waals surface area contributed by atoms with Crippen molar-refractivity contribution in [2.45, 2.75) is 20.4 Å². The van der Waals surface area contributed by atoms with Crippen LogP contribution < -0.4 is 5.32 Å². The molecule has 6 nitrogen and oxygen atoms in total. The average molecular weight is 284 g/mol. The number of benzene rings is 1. The normalized spacial score (nSPS) is 10.2. The van der Waals surface area contributed by atoms with E-state index < -0.39 is 4.92 Å². The Morgan fingerprint density at radius 3 is 2.62 bits per heavy atom. The largest absolute Gasteiger partial charge is 0.375 e. The third-order valence-corrected chi connectivity index (χ3v) is 3.67. The van der Waals surface area contributed by atoms with Gasteiger partial charge in [0.2, 0.25) is 0 Å². The Labute approximate surface area is 122 Å². The van der Waals surface area contributed by atoms with Gasteiger partial charge in [-0.05, 0) is 37.6 Å². The van der Waals surface area contributed by atoms with Crippen molar-refractivity contribution >= 4 is 11.4 Å². The van der Waals surface area contributed by atoms with E-state index in [1.54, 1.807) is 12.1 Å². The van der Waals surface area contributed by atoms with E-state index in [1.807, 2.05) is 27.0 Å². The van der Waals surface area contributed by atoms with Crippen molar-refractivity contribution in [3.63, 3.8) is 0 Å². The molecule has 0 unspecified atom stereocenters. The lowest BCUT2D eigenvalue weighted by molar-refractivity contribution is -0.384. The fourth-order valence-corrected chi connectivity index (χ4v) is 2.20. The molecule has 0 fully saturated rings. The average Bonchev–Trinajstić information content (AvgIpc) is 2.72. The predicted octanol–water partition coefficient (Wildman–Crippen LogP) is 3.03. The van der Waals surface area contributed by atoms with Gasteiger partial charge in [0, 0.05) is 31.0 Å². The van der Waals surface area contributed by atoms with Crippen LogP contribution >= 0.6 is 0 Å². The highest BCUT2D eigenvalue weighted by molar-refractivity contribution is 5.64. The lowest BCUT2D eigenvalue weighted by atomic mass is 10.1. The van der Waals surface area contributed by atoms with E-state index in [1.165, 1.54) is 6.07 Å². The molecule has 0 saturated carbocycles. The van der Waals surface area contributed by atoms with Gasteiger partial charge in [-0.2, -0.15) is 5.26 Å². The minimum Gasteiger partial charge on any atom is -0.375 e. The number of nitro groups is 1. The highest BCUT2D eigenvalue weighted by Crippen LogP contribution is 2.26. The minimum absolute atomic E-state index is 0.0839. The van der Waals surface area contributed by atoms with Crippen LogP contribution in [0, 0.1) is 35.3 Å². The lowest BCUT2D eigenvalue weighted by Crippen LogP contribution is -2.04. The summed E-state index contributed by atoms with van der Waals surface area (Å²) in [4.78, 5) is 10.6. The molecule has 0 saturated heterocycles. The van der Waals surface area contributed by atoms with Crippen LogP contribution in [0.1, 0.15) is 22.5 Å². The van der Waals surface area contributed by atoms with Gasteiger partial charge < -0.3 is 9.88 Å². The molecule has 1 heterocycles. The Kier molecular flexibility index (Phi) is 3.94. The predicted molar refractivity (Wildman–Crippen MR) is 80.0 cm³/mol. The van der Waals surface area contributed by atoms with Gasteiger partial charge >= 0.3 is 0 Å². The summed E-state index contributed by atoms with van der Waals surface area (Å²) in [6, 6.07) is 8.38. The molecule has 6 heteroatoms. The van der Waals surface area contributed by atoms with E-state index in [2.05, 4.69) is 16.0 Å². The van der Waals surface area contributed by atoms with Crippen molar-refractivity contribution in [2.75, 3.05) is 5.32 Å². The van der Waals surface area contributed by atoms with Gasteiger partial charge in [0.15, 0.2) is 0 Å². The molecule has 21 heavy (non-hydrogen) atoms. The summed E-state index contributed by atoms with van der Waals surface area (Å²) in [5, 5.41) is 23.0. The molecule has 0 aliphatic carbocycles. The first-order chi connectivity index (χ1) is 9.93. The smallest absolute Gasteiger partial charge is 0.293 e. The number of nitriles is 1. The molecule has 0 atom stereocenters. The number of rotatable bonds is 4. The summed E-state index contributed by atoms with van der Waals surface area (Å²) >= 11 is 0. The minimum atomic E-state index is -0.480. The van der Waals surface area contributed by atoms with E-state index in [9.17, 15) is 10.1 Å². The second kappa shape index (κ2) is 5.67. The Morgan fingerprint density at radius 1 is 1.38 bits per heavy atom. The molecule has 1 aromatic heterocycles. The van der Waals surface area contributed by atoms with Gasteiger partial charge in [-0.15, -0.1) is 0 Å². The fraction of sp³-hybridized carbons (Fsp3) is 0.267. The number of hydrogen-bond donors (Lipinski definition) is 1. The monoisotopic (exact) mass is 284 g/mol. The Balaban J connectivity index is 2.26. The summed E-state index contributed by atoms with van der Waals surface area (Å²) in [7, 11) is 1.98. The zero-order valence-electron chi connectivity index (χ0n) is 12.2. The van der Waals surface area contributed by atoms with Gasteiger partial charge in [0.05, 0.1) is 16.6 Å². The van der Waals surface area contributed by atoms with Crippen LogP contribution in [0.5, 0.6) is 0 Å². The fourth-order valence-electron chi connectivity index (χ4n) is 2.20. The molecule has 0 bridgehead atoms. The van der Waals surface area contributed by atoms with Crippen molar-refractivity contribution in [3.8, 4) is 6.07 Å². The Morgan fingerprint density at radius 2 is 2.10 bits per heavy atom. The molecule has 0 amide bonds. The summed E-state index contributed by atoms with van der Waals surface area (Å²) in [5.41, 5.74) is 3.96. The number of nitro benzene ring substituents is 1. The van der Waals surface area contributed by atoms with Crippen molar-refractivity contribution < 1.29 is 4.92 Å². The third kappa shape index (κ3) is 2.87. The van der Waals surface area contributed by atoms with Crippen LogP contribution in [0.2, 0.25) is 0 Å². The molecule has 1 N–H and O–H groups in total. The molecule has 2 rings (SSSR count). The van der Waals surface area contributed by atoms with E-state index >= 15 is 0 Å². The number of nitrogens with one attached hydrogen (secondary N) is 1. The maximum absolute atomic E-state index is 11.1. The second-order valence-electron chi connectivity index (χ2n) is 4.91. The molecule has 0 aliphatic heterocycles. The summed E-state index contributed by atoms with van der Waals surface area (Å²) in [5.74, 6) is 0. The Bertz CT molecular complexity index is 741. The topological polar surface area (TPSA) is 83.9 Å². The molecule has 0 radical (unpaired) electrons. The van der Waals surface area contributed by atoms with Gasteiger partial charge in [-0.25, -0.2) is 0 Å². The zero-order valence-corrected chi connectivity index (χ0v) is 12.2. The number of aromatic nitrogens is 1. The van der Waals surface area contributed by atoms with Gasteiger partial charge in [0.1, 0.15) is 5.69 Å². The van der Waals surface area contributed by atoms with Crippen LogP contribution in [0.15, 0.2) is 24.3 Å². The van der Waals surface area contributed by atoms with E-state index in [0.29, 0.717) is 12.2 Å². The molecular weight excluding hydrogens is 268 g/mol. The lowest BCUT2D eigenvalue weighted by Gasteiger charge is -2.08. The van der Waals surface area contributed by atoms with E-state index in [-0.39, 0.29) is 11.3 Å². The van der Waals surface area contributed by atoms with Crippen LogP contribution in [0.3, 0.4) is 0 Å². The van der Waals surface area contributed by atoms with Crippen molar-refractivity contribution in [3.05, 3.63) is 56.9 Å². The summed E-state index contributed by atoms with van der Waals surface area (Å²) in [6.07, 6.45) is 0. The third-order valence-electron chi connectivity index (χ3n) is 3.67. The number of aryl methyl sites for hydroxylation is 1. The van der Waals surface area contributed by atoms with Gasteiger partial charge in [-0.1, -0.05) is 0 Å². The molecule has 2 aromatic rings. The summed E-state index contributed by atoms with van der Waals surface area (Å²) in [6.45, 7) is 4.53. The number of anilines is 1. The van der Waals surface area contributed by atoms with E-state index in [4.69, 9.17) is 5.26 Å². The first-order valence-electron chi connectivity index (χ1n) is 6.48. The summed E-state index contributed by atoms with van der Waals surface area (Å²) < 4.78 is 2.07. The quantitative estimate of drug-likeness (QED) is 0.691. The molecule has 108 valence electrons. The molecule has 0 spiro atoms. The molecule has 1 aromatic carbocycles. The molecular formula is C15H16N4O2. The maximum atomic E-state index is 11.1. The van der Waals surface area contributed by atoms with Crippen LogP contribution in [-0.4, -0.2) is 9.49 Å². The van der Waals surface area contributed by atoms with Gasteiger partial charge in [0.25, 0.3) is 5.69 Å². The maximum Gasteiger partial charge on any atom is 0.293 e. The van der Waals surface area contributed by atoms with Crippen LogP contribution in [0.25, 0.3) is 0 Å². The van der Waals surface area contributed by atoms with Crippen molar-refractivity contribution in [1.29, 1.82) is 5.26 Å². The standard InChI is InChI=1S/C15H16N4O2/c1-10-6-13(11(2)18(10)3)9-17-14-5-4-12(8-16)7-15(14)19(20)21/h4-7,17H,9H2,1-3H3. The zero-order chi connectivity index (χ0) is 15.6. The highest BCUT2D eigenvalue weighted by atomic mass is 16.6. The number of nitrogens with zero attached hydrogens (tertiary/aromatic N) is 3. The highest BCUT2D eigenvalue weighted by Gasteiger charge is 2.15. The van der Waals surface area contributed by atoms with E-state index in [0.717, 1.165) is 17.0 Å².